The van der Waals surface area contributed by atoms with Crippen molar-refractivity contribution in [3.8, 4) is 5.75 Å². The first kappa shape index (κ1) is 15.8. The molecule has 1 aromatic carbocycles. The van der Waals surface area contributed by atoms with Crippen LogP contribution in [0.2, 0.25) is 0 Å². The van der Waals surface area contributed by atoms with E-state index in [1.807, 2.05) is 0 Å². The van der Waals surface area contributed by atoms with Gasteiger partial charge in [-0.15, -0.1) is 0 Å². The Bertz CT molecular complexity index is 548. The fourth-order valence-corrected chi connectivity index (χ4v) is 5.05. The van der Waals surface area contributed by atoms with Crippen molar-refractivity contribution in [2.75, 3.05) is 44.7 Å². The van der Waals surface area contributed by atoms with E-state index in [0.29, 0.717) is 0 Å². The Kier molecular flexibility index (Phi) is 4.57. The van der Waals surface area contributed by atoms with Crippen molar-refractivity contribution in [2.24, 2.45) is 0 Å². The maximum absolute atomic E-state index is 6.51. The molecule has 2 saturated heterocycles. The van der Waals surface area contributed by atoms with Gasteiger partial charge in [-0.3, -0.25) is 4.90 Å². The molecule has 23 heavy (non-hydrogen) atoms. The molecule has 0 radical (unpaired) electrons. The number of hydrogen-bond acceptors (Lipinski definition) is 4. The molecule has 3 nitrogen and oxygen atoms in total. The molecule has 0 N–H and O–H groups in total. The van der Waals surface area contributed by atoms with E-state index >= 15 is 0 Å². The average molecular weight is 333 g/mol. The third kappa shape index (κ3) is 3.54. The van der Waals surface area contributed by atoms with Crippen LogP contribution in [-0.2, 0) is 13.0 Å². The molecule has 1 spiro atoms. The fraction of sp³-hybridized carbons (Fsp3) is 0.684. The van der Waals surface area contributed by atoms with Crippen LogP contribution in [0.5, 0.6) is 5.75 Å². The van der Waals surface area contributed by atoms with E-state index in [4.69, 9.17) is 4.74 Å². The van der Waals surface area contributed by atoms with Gasteiger partial charge in [0.2, 0.25) is 0 Å². The summed E-state index contributed by atoms with van der Waals surface area (Å²) < 4.78 is 6.51. The van der Waals surface area contributed by atoms with Crippen LogP contribution in [0.1, 0.15) is 30.4 Å². The third-order valence-electron chi connectivity index (χ3n) is 5.71. The Hall–Kier alpha value is -0.710. The number of rotatable bonds is 2. The van der Waals surface area contributed by atoms with E-state index in [9.17, 15) is 0 Å². The highest BCUT2D eigenvalue weighted by Crippen LogP contribution is 2.39. The summed E-state index contributed by atoms with van der Waals surface area (Å²) in [7, 11) is 2.22. The van der Waals surface area contributed by atoms with Crippen molar-refractivity contribution in [1.29, 1.82) is 0 Å². The smallest absolute Gasteiger partial charge is 0.123 e. The summed E-state index contributed by atoms with van der Waals surface area (Å²) in [4.78, 5) is 5.00. The molecule has 4 rings (SSSR count). The summed E-state index contributed by atoms with van der Waals surface area (Å²) in [6.07, 6.45) is 4.73. The molecule has 3 aliphatic heterocycles. The van der Waals surface area contributed by atoms with E-state index in [0.717, 1.165) is 12.3 Å². The maximum atomic E-state index is 6.51. The van der Waals surface area contributed by atoms with Gasteiger partial charge in [-0.2, -0.15) is 11.8 Å². The monoisotopic (exact) mass is 332 g/mol. The van der Waals surface area contributed by atoms with E-state index in [2.05, 4.69) is 46.8 Å². The average Bonchev–Trinajstić information content (AvgIpc) is 2.59. The molecule has 3 aliphatic rings. The van der Waals surface area contributed by atoms with Crippen LogP contribution in [0.25, 0.3) is 0 Å². The van der Waals surface area contributed by atoms with Gasteiger partial charge in [0.05, 0.1) is 0 Å². The van der Waals surface area contributed by atoms with Gasteiger partial charge >= 0.3 is 0 Å². The number of benzene rings is 1. The summed E-state index contributed by atoms with van der Waals surface area (Å²) in [5.41, 5.74) is 3.00. The molecule has 0 amide bonds. The van der Waals surface area contributed by atoms with E-state index in [1.54, 1.807) is 0 Å². The molecule has 3 heterocycles. The first-order valence-corrected chi connectivity index (χ1v) is 10.2. The Morgan fingerprint density at radius 2 is 1.87 bits per heavy atom. The van der Waals surface area contributed by atoms with E-state index in [-0.39, 0.29) is 5.60 Å². The zero-order valence-electron chi connectivity index (χ0n) is 14.2. The van der Waals surface area contributed by atoms with Crippen molar-refractivity contribution >= 4 is 11.8 Å². The van der Waals surface area contributed by atoms with Crippen molar-refractivity contribution in [3.63, 3.8) is 0 Å². The lowest BCUT2D eigenvalue weighted by atomic mass is 9.83. The van der Waals surface area contributed by atoms with Crippen LogP contribution >= 0.6 is 11.8 Å². The lowest BCUT2D eigenvalue weighted by molar-refractivity contribution is -0.00880. The summed E-state index contributed by atoms with van der Waals surface area (Å²) in [6, 6.07) is 6.93. The minimum absolute atomic E-state index is 0.116. The SMILES string of the molecule is CN1CCC2(CCc3cc(CN4CCSCC4)ccc3O2)CC1. The Labute approximate surface area is 144 Å². The molecule has 1 aromatic rings. The standard InChI is InChI=1S/C19H28N2OS/c1-20-8-6-19(7-9-20)5-4-17-14-16(2-3-18(17)22-19)15-21-10-12-23-13-11-21/h2-3,14H,4-13,15H2,1H3. The number of nitrogens with zero attached hydrogens (tertiary/aromatic N) is 2. The highest BCUT2D eigenvalue weighted by atomic mass is 32.2. The molecule has 2 fully saturated rings. The normalized spacial score (nSPS) is 25.1. The minimum atomic E-state index is 0.116. The van der Waals surface area contributed by atoms with Crippen molar-refractivity contribution in [3.05, 3.63) is 29.3 Å². The second-order valence-electron chi connectivity index (χ2n) is 7.42. The fourth-order valence-electron chi connectivity index (χ4n) is 4.07. The number of ether oxygens (including phenoxy) is 1. The van der Waals surface area contributed by atoms with E-state index < -0.39 is 0 Å². The van der Waals surface area contributed by atoms with Crippen molar-refractivity contribution in [1.82, 2.24) is 9.80 Å². The first-order valence-electron chi connectivity index (χ1n) is 9.02. The van der Waals surface area contributed by atoms with Gasteiger partial charge in [0.1, 0.15) is 11.4 Å². The minimum Gasteiger partial charge on any atom is -0.487 e. The first-order chi connectivity index (χ1) is 11.2. The molecule has 0 aromatic heterocycles. The van der Waals surface area contributed by atoms with Gasteiger partial charge in [-0.25, -0.2) is 0 Å². The van der Waals surface area contributed by atoms with Gasteiger partial charge in [0, 0.05) is 44.2 Å². The number of hydrogen-bond donors (Lipinski definition) is 0. The summed E-state index contributed by atoms with van der Waals surface area (Å²) >= 11 is 2.08. The van der Waals surface area contributed by atoms with E-state index in [1.165, 1.54) is 74.5 Å². The Morgan fingerprint density at radius 1 is 1.09 bits per heavy atom. The van der Waals surface area contributed by atoms with Crippen LogP contribution in [0.15, 0.2) is 18.2 Å². The Morgan fingerprint density at radius 3 is 2.65 bits per heavy atom. The molecule has 126 valence electrons. The molecule has 0 unspecified atom stereocenters. The number of likely N-dealkylation sites (tertiary alicyclic amines) is 1. The van der Waals surface area contributed by atoms with Crippen LogP contribution in [0.3, 0.4) is 0 Å². The number of piperidine rings is 1. The predicted molar refractivity (Wildman–Crippen MR) is 97.5 cm³/mol. The lowest BCUT2D eigenvalue weighted by Gasteiger charge is -2.44. The van der Waals surface area contributed by atoms with Crippen molar-refractivity contribution in [2.45, 2.75) is 37.8 Å². The van der Waals surface area contributed by atoms with Crippen LogP contribution < -0.4 is 4.74 Å². The zero-order chi connectivity index (χ0) is 15.7. The molecular formula is C19H28N2OS. The van der Waals surface area contributed by atoms with Gasteiger partial charge < -0.3 is 9.64 Å². The molecule has 4 heteroatoms. The summed E-state index contributed by atoms with van der Waals surface area (Å²) in [5, 5.41) is 0. The third-order valence-corrected chi connectivity index (χ3v) is 6.65. The van der Waals surface area contributed by atoms with Crippen molar-refractivity contribution < 1.29 is 4.74 Å². The Balaban J connectivity index is 1.44. The highest BCUT2D eigenvalue weighted by molar-refractivity contribution is 7.99. The quantitative estimate of drug-likeness (QED) is 0.827. The topological polar surface area (TPSA) is 15.7 Å². The number of thioether (sulfide) groups is 1. The molecule has 0 bridgehead atoms. The summed E-state index contributed by atoms with van der Waals surface area (Å²) in [5.74, 6) is 3.72. The largest absolute Gasteiger partial charge is 0.487 e. The zero-order valence-corrected chi connectivity index (χ0v) is 15.0. The molecule has 0 aliphatic carbocycles. The molecular weight excluding hydrogens is 304 g/mol. The van der Waals surface area contributed by atoms with Crippen LogP contribution in [-0.4, -0.2) is 60.1 Å². The number of aryl methyl sites for hydroxylation is 1. The van der Waals surface area contributed by atoms with Gasteiger partial charge in [-0.1, -0.05) is 12.1 Å². The maximum Gasteiger partial charge on any atom is 0.123 e. The van der Waals surface area contributed by atoms with Gasteiger partial charge in [0.15, 0.2) is 0 Å². The summed E-state index contributed by atoms with van der Waals surface area (Å²) in [6.45, 7) is 5.90. The van der Waals surface area contributed by atoms with Gasteiger partial charge in [-0.05, 0) is 49.9 Å². The van der Waals surface area contributed by atoms with Crippen LogP contribution in [0.4, 0.5) is 0 Å². The second kappa shape index (κ2) is 6.66. The van der Waals surface area contributed by atoms with Gasteiger partial charge in [0.25, 0.3) is 0 Å². The van der Waals surface area contributed by atoms with Crippen LogP contribution in [0, 0.1) is 0 Å². The molecule has 0 saturated carbocycles. The second-order valence-corrected chi connectivity index (χ2v) is 8.64. The number of fused-ring (bicyclic) bond motifs is 1. The molecule has 0 atom stereocenters. The highest BCUT2D eigenvalue weighted by Gasteiger charge is 2.38. The lowest BCUT2D eigenvalue weighted by Crippen LogP contribution is -2.48. The predicted octanol–water partition coefficient (Wildman–Crippen LogP) is 3.02.